The Hall–Kier alpha value is -1.32. The highest BCUT2D eigenvalue weighted by atomic mass is 16.5. The van der Waals surface area contributed by atoms with Gasteiger partial charge in [-0.05, 0) is 19.3 Å². The summed E-state index contributed by atoms with van der Waals surface area (Å²) < 4.78 is 5.26. The topological polar surface area (TPSA) is 63.6 Å². The van der Waals surface area contributed by atoms with Crippen LogP contribution in [0.3, 0.4) is 0 Å². The third-order valence-corrected chi connectivity index (χ3v) is 2.83. The van der Waals surface area contributed by atoms with Crippen LogP contribution in [-0.4, -0.2) is 23.0 Å². The molecule has 4 heteroatoms. The molecule has 4 nitrogen and oxygen atoms in total. The Morgan fingerprint density at radius 1 is 1.43 bits per heavy atom. The highest BCUT2D eigenvalue weighted by Crippen LogP contribution is 2.32. The lowest BCUT2D eigenvalue weighted by molar-refractivity contribution is -0.143. The van der Waals surface area contributed by atoms with Crippen LogP contribution in [0.4, 0.5) is 0 Å². The molecule has 0 amide bonds. The molecule has 0 bridgehead atoms. The molecule has 1 fully saturated rings. The zero-order chi connectivity index (χ0) is 10.1. The second-order valence-electron chi connectivity index (χ2n) is 3.76. The number of hydrogen-bond acceptors (Lipinski definition) is 3. The van der Waals surface area contributed by atoms with Gasteiger partial charge >= 0.3 is 5.97 Å². The SMILES string of the molecule is O=C(O)C1=CC(=O)C2CCCCC2O1. The van der Waals surface area contributed by atoms with Gasteiger partial charge in [-0.2, -0.15) is 0 Å². The first-order chi connectivity index (χ1) is 6.68. The maximum absolute atomic E-state index is 11.5. The maximum Gasteiger partial charge on any atom is 0.371 e. The fourth-order valence-corrected chi connectivity index (χ4v) is 2.11. The van der Waals surface area contributed by atoms with E-state index in [2.05, 4.69) is 0 Å². The molecule has 0 saturated heterocycles. The van der Waals surface area contributed by atoms with Crippen molar-refractivity contribution in [2.24, 2.45) is 5.92 Å². The van der Waals surface area contributed by atoms with Crippen LogP contribution in [0.2, 0.25) is 0 Å². The lowest BCUT2D eigenvalue weighted by Crippen LogP contribution is -2.37. The summed E-state index contributed by atoms with van der Waals surface area (Å²) in [7, 11) is 0. The zero-order valence-electron chi connectivity index (χ0n) is 7.73. The number of ether oxygens (including phenoxy) is 1. The number of aliphatic carboxylic acids is 1. The lowest BCUT2D eigenvalue weighted by atomic mass is 9.82. The van der Waals surface area contributed by atoms with Crippen molar-refractivity contribution in [2.75, 3.05) is 0 Å². The second kappa shape index (κ2) is 3.44. The van der Waals surface area contributed by atoms with Crippen LogP contribution < -0.4 is 0 Å². The Kier molecular flexibility index (Phi) is 2.27. The first-order valence-electron chi connectivity index (χ1n) is 4.84. The van der Waals surface area contributed by atoms with Gasteiger partial charge in [0.05, 0.1) is 5.92 Å². The molecule has 2 rings (SSSR count). The highest BCUT2D eigenvalue weighted by molar-refractivity contribution is 6.00. The molecule has 76 valence electrons. The fourth-order valence-electron chi connectivity index (χ4n) is 2.11. The summed E-state index contributed by atoms with van der Waals surface area (Å²) in [5, 5.41) is 8.70. The molecule has 0 aromatic heterocycles. The van der Waals surface area contributed by atoms with E-state index >= 15 is 0 Å². The van der Waals surface area contributed by atoms with Crippen molar-refractivity contribution < 1.29 is 19.4 Å². The van der Waals surface area contributed by atoms with E-state index in [4.69, 9.17) is 9.84 Å². The van der Waals surface area contributed by atoms with E-state index in [0.717, 1.165) is 31.8 Å². The molecule has 0 aromatic rings. The number of carboxylic acids is 1. The van der Waals surface area contributed by atoms with E-state index in [1.54, 1.807) is 0 Å². The minimum Gasteiger partial charge on any atom is -0.482 e. The van der Waals surface area contributed by atoms with Crippen LogP contribution in [0.1, 0.15) is 25.7 Å². The van der Waals surface area contributed by atoms with Crippen molar-refractivity contribution >= 4 is 11.8 Å². The van der Waals surface area contributed by atoms with Crippen LogP contribution in [0, 0.1) is 5.92 Å². The molecule has 1 N–H and O–H groups in total. The van der Waals surface area contributed by atoms with Gasteiger partial charge in [0, 0.05) is 6.08 Å². The highest BCUT2D eigenvalue weighted by Gasteiger charge is 2.36. The Balaban J connectivity index is 2.21. The Morgan fingerprint density at radius 2 is 2.14 bits per heavy atom. The van der Waals surface area contributed by atoms with Crippen LogP contribution in [-0.2, 0) is 14.3 Å². The molecule has 1 saturated carbocycles. The number of carbonyl (C=O) groups excluding carboxylic acids is 1. The number of carbonyl (C=O) groups is 2. The van der Waals surface area contributed by atoms with Gasteiger partial charge in [0.2, 0.25) is 5.76 Å². The predicted molar refractivity (Wildman–Crippen MR) is 47.6 cm³/mol. The summed E-state index contributed by atoms with van der Waals surface area (Å²) in [4.78, 5) is 22.2. The molecular weight excluding hydrogens is 184 g/mol. The second-order valence-corrected chi connectivity index (χ2v) is 3.76. The summed E-state index contributed by atoms with van der Waals surface area (Å²) in [5.74, 6) is -1.54. The van der Waals surface area contributed by atoms with E-state index < -0.39 is 5.97 Å². The Bertz CT molecular complexity index is 305. The van der Waals surface area contributed by atoms with Gasteiger partial charge in [-0.3, -0.25) is 4.79 Å². The minimum atomic E-state index is -1.15. The molecule has 1 aliphatic carbocycles. The normalized spacial score (nSPS) is 31.4. The third-order valence-electron chi connectivity index (χ3n) is 2.83. The van der Waals surface area contributed by atoms with Crippen molar-refractivity contribution in [1.29, 1.82) is 0 Å². The van der Waals surface area contributed by atoms with E-state index in [-0.39, 0.29) is 23.6 Å². The van der Waals surface area contributed by atoms with Gasteiger partial charge in [0.1, 0.15) is 6.10 Å². The van der Waals surface area contributed by atoms with Crippen molar-refractivity contribution in [3.05, 3.63) is 11.8 Å². The van der Waals surface area contributed by atoms with Gasteiger partial charge in [0.15, 0.2) is 5.78 Å². The quantitative estimate of drug-likeness (QED) is 0.682. The molecule has 1 aliphatic heterocycles. The van der Waals surface area contributed by atoms with E-state index in [0.29, 0.717) is 0 Å². The first kappa shape index (κ1) is 9.24. The van der Waals surface area contributed by atoms with Gasteiger partial charge in [-0.25, -0.2) is 4.79 Å². The smallest absolute Gasteiger partial charge is 0.371 e. The number of allylic oxidation sites excluding steroid dienone is 1. The number of carboxylic acid groups (broad SMARTS) is 1. The van der Waals surface area contributed by atoms with E-state index in [1.807, 2.05) is 0 Å². The van der Waals surface area contributed by atoms with Crippen LogP contribution >= 0.6 is 0 Å². The van der Waals surface area contributed by atoms with Gasteiger partial charge in [-0.15, -0.1) is 0 Å². The molecule has 2 aliphatic rings. The number of rotatable bonds is 1. The molecule has 2 atom stereocenters. The van der Waals surface area contributed by atoms with Crippen LogP contribution in [0.25, 0.3) is 0 Å². The monoisotopic (exact) mass is 196 g/mol. The number of hydrogen-bond donors (Lipinski definition) is 1. The standard InChI is InChI=1S/C10H12O4/c11-7-5-9(10(12)13)14-8-4-2-1-3-6(7)8/h5-6,8H,1-4H2,(H,12,13). The van der Waals surface area contributed by atoms with Crippen molar-refractivity contribution in [3.63, 3.8) is 0 Å². The van der Waals surface area contributed by atoms with E-state index in [9.17, 15) is 9.59 Å². The van der Waals surface area contributed by atoms with Crippen molar-refractivity contribution in [3.8, 4) is 0 Å². The van der Waals surface area contributed by atoms with Crippen LogP contribution in [0.5, 0.6) is 0 Å². The summed E-state index contributed by atoms with van der Waals surface area (Å²) in [5.41, 5.74) is 0. The summed E-state index contributed by atoms with van der Waals surface area (Å²) in [6.45, 7) is 0. The molecule has 14 heavy (non-hydrogen) atoms. The molecule has 0 spiro atoms. The summed E-state index contributed by atoms with van der Waals surface area (Å²) >= 11 is 0. The minimum absolute atomic E-state index is 0.0849. The van der Waals surface area contributed by atoms with Crippen molar-refractivity contribution in [1.82, 2.24) is 0 Å². The van der Waals surface area contributed by atoms with Crippen molar-refractivity contribution in [2.45, 2.75) is 31.8 Å². The van der Waals surface area contributed by atoms with Gasteiger partial charge in [-0.1, -0.05) is 6.42 Å². The number of ketones is 1. The lowest BCUT2D eigenvalue weighted by Gasteiger charge is -2.33. The number of fused-ring (bicyclic) bond motifs is 1. The van der Waals surface area contributed by atoms with Gasteiger partial charge < -0.3 is 9.84 Å². The van der Waals surface area contributed by atoms with Gasteiger partial charge in [0.25, 0.3) is 0 Å². The Morgan fingerprint density at radius 3 is 2.86 bits per heavy atom. The largest absolute Gasteiger partial charge is 0.482 e. The summed E-state index contributed by atoms with van der Waals surface area (Å²) in [6, 6.07) is 0. The fraction of sp³-hybridized carbons (Fsp3) is 0.600. The molecule has 2 unspecified atom stereocenters. The third kappa shape index (κ3) is 1.52. The molecular formula is C10H12O4. The molecule has 0 aromatic carbocycles. The average molecular weight is 196 g/mol. The Labute approximate surface area is 81.6 Å². The predicted octanol–water partition coefficient (Wildman–Crippen LogP) is 1.11. The zero-order valence-corrected chi connectivity index (χ0v) is 7.73. The maximum atomic E-state index is 11.5. The molecule has 0 radical (unpaired) electrons. The molecule has 1 heterocycles. The van der Waals surface area contributed by atoms with E-state index in [1.165, 1.54) is 0 Å². The average Bonchev–Trinajstić information content (AvgIpc) is 2.17. The summed E-state index contributed by atoms with van der Waals surface area (Å²) in [6.07, 6.45) is 4.59. The van der Waals surface area contributed by atoms with Crippen LogP contribution in [0.15, 0.2) is 11.8 Å². The first-order valence-corrected chi connectivity index (χ1v) is 4.84.